The third-order valence-corrected chi connectivity index (χ3v) is 4.27. The minimum absolute atomic E-state index is 0. The van der Waals surface area contributed by atoms with Gasteiger partial charge in [-0.1, -0.05) is 39.8 Å². The summed E-state index contributed by atoms with van der Waals surface area (Å²) in [6.07, 6.45) is 3.75. The van der Waals surface area contributed by atoms with E-state index in [1.807, 2.05) is 44.3 Å². The van der Waals surface area contributed by atoms with E-state index in [2.05, 4.69) is 34.0 Å². The summed E-state index contributed by atoms with van der Waals surface area (Å²) in [5.41, 5.74) is 7.51. The van der Waals surface area contributed by atoms with E-state index in [1.165, 1.54) is 0 Å². The van der Waals surface area contributed by atoms with Gasteiger partial charge < -0.3 is 20.9 Å². The minimum atomic E-state index is -0.619. The largest absolute Gasteiger partial charge is 0.346 e. The van der Waals surface area contributed by atoms with E-state index >= 15 is 0 Å². The maximum atomic E-state index is 12.1. The Morgan fingerprint density at radius 2 is 1.86 bits per heavy atom. The molecule has 2 rings (SSSR count). The number of halogens is 2. The number of hydrogen-bond acceptors (Lipinski definition) is 4. The van der Waals surface area contributed by atoms with E-state index in [1.54, 1.807) is 6.20 Å². The molecule has 0 saturated heterocycles. The van der Waals surface area contributed by atoms with Crippen LogP contribution in [-0.2, 0) is 16.1 Å². The van der Waals surface area contributed by atoms with Crippen molar-refractivity contribution in [3.8, 4) is 0 Å². The van der Waals surface area contributed by atoms with Crippen molar-refractivity contribution in [1.29, 1.82) is 0 Å². The van der Waals surface area contributed by atoms with Crippen molar-refractivity contribution in [3.63, 3.8) is 0 Å². The van der Waals surface area contributed by atoms with Crippen LogP contribution in [0.15, 0.2) is 36.7 Å². The second-order valence-corrected chi connectivity index (χ2v) is 7.30. The quantitative estimate of drug-likeness (QED) is 0.583. The molecule has 0 bridgehead atoms. The van der Waals surface area contributed by atoms with Crippen molar-refractivity contribution >= 4 is 42.3 Å². The van der Waals surface area contributed by atoms with Crippen molar-refractivity contribution in [3.05, 3.63) is 48.0 Å². The van der Waals surface area contributed by atoms with Crippen LogP contribution in [0.2, 0.25) is 0 Å². The molecule has 4 N–H and O–H groups in total. The molecular formula is C20H31Cl2N5O2. The standard InChI is InChI=1S/C20H29N5O2.2ClH/c1-13(2)18(21)20(27)23-11-17(26)24-16-7-5-6-15(10-16)12-25-9-8-22-19(25)14(3)4;;/h5-10,13-14,18H,11-12,21H2,1-4H3,(H,23,27)(H,24,26);2*1H/t18-;;/m0../s1. The topological polar surface area (TPSA) is 102 Å². The lowest BCUT2D eigenvalue weighted by atomic mass is 10.1. The minimum Gasteiger partial charge on any atom is -0.346 e. The molecule has 162 valence electrons. The number of nitrogens with zero attached hydrogens (tertiary/aromatic N) is 2. The number of benzene rings is 1. The van der Waals surface area contributed by atoms with Crippen LogP contribution < -0.4 is 16.4 Å². The molecule has 9 heteroatoms. The van der Waals surface area contributed by atoms with Gasteiger partial charge >= 0.3 is 0 Å². The molecule has 1 atom stereocenters. The summed E-state index contributed by atoms with van der Waals surface area (Å²) >= 11 is 0. The van der Waals surface area contributed by atoms with Crippen LogP contribution in [0.4, 0.5) is 5.69 Å². The SMILES string of the molecule is CC(C)c1nccn1Cc1cccc(NC(=O)CNC(=O)[C@@H](N)C(C)C)c1.Cl.Cl. The molecule has 0 aliphatic heterocycles. The van der Waals surface area contributed by atoms with Gasteiger partial charge in [0.05, 0.1) is 12.6 Å². The molecule has 2 amide bonds. The predicted molar refractivity (Wildman–Crippen MR) is 121 cm³/mol. The van der Waals surface area contributed by atoms with E-state index in [9.17, 15) is 9.59 Å². The molecule has 0 radical (unpaired) electrons. The molecular weight excluding hydrogens is 413 g/mol. The zero-order chi connectivity index (χ0) is 20.0. The third kappa shape index (κ3) is 8.04. The van der Waals surface area contributed by atoms with Gasteiger partial charge in [-0.15, -0.1) is 24.8 Å². The zero-order valence-electron chi connectivity index (χ0n) is 17.2. The normalized spacial score (nSPS) is 11.4. The highest BCUT2D eigenvalue weighted by Crippen LogP contribution is 2.16. The molecule has 0 unspecified atom stereocenters. The van der Waals surface area contributed by atoms with Crippen molar-refractivity contribution in [2.45, 2.75) is 46.2 Å². The first-order valence-corrected chi connectivity index (χ1v) is 9.21. The van der Waals surface area contributed by atoms with E-state index in [-0.39, 0.29) is 49.1 Å². The second kappa shape index (κ2) is 12.5. The maximum Gasteiger partial charge on any atom is 0.243 e. The Morgan fingerprint density at radius 1 is 1.17 bits per heavy atom. The van der Waals surface area contributed by atoms with Crippen LogP contribution in [0.1, 0.15) is 45.0 Å². The molecule has 29 heavy (non-hydrogen) atoms. The highest BCUT2D eigenvalue weighted by atomic mass is 35.5. The fourth-order valence-corrected chi connectivity index (χ4v) is 2.69. The third-order valence-electron chi connectivity index (χ3n) is 4.27. The van der Waals surface area contributed by atoms with Crippen LogP contribution in [0.3, 0.4) is 0 Å². The number of nitrogens with two attached hydrogens (primary N) is 1. The number of carbonyl (C=O) groups is 2. The number of nitrogens with one attached hydrogen (secondary N) is 2. The van der Waals surface area contributed by atoms with Gasteiger partial charge in [-0.3, -0.25) is 9.59 Å². The van der Waals surface area contributed by atoms with Crippen molar-refractivity contribution < 1.29 is 9.59 Å². The lowest BCUT2D eigenvalue weighted by Gasteiger charge is -2.15. The van der Waals surface area contributed by atoms with E-state index in [4.69, 9.17) is 5.73 Å². The van der Waals surface area contributed by atoms with Gasteiger partial charge in [-0.25, -0.2) is 4.98 Å². The van der Waals surface area contributed by atoms with Gasteiger partial charge in [0, 0.05) is 30.5 Å². The Labute approximate surface area is 184 Å². The zero-order valence-corrected chi connectivity index (χ0v) is 18.8. The van der Waals surface area contributed by atoms with E-state index in [0.717, 1.165) is 11.4 Å². The molecule has 7 nitrogen and oxygen atoms in total. The maximum absolute atomic E-state index is 12.1. The summed E-state index contributed by atoms with van der Waals surface area (Å²) in [5, 5.41) is 5.37. The lowest BCUT2D eigenvalue weighted by Crippen LogP contribution is -2.46. The average Bonchev–Trinajstić information content (AvgIpc) is 3.07. The second-order valence-electron chi connectivity index (χ2n) is 7.30. The van der Waals surface area contributed by atoms with Gasteiger partial charge in [0.15, 0.2) is 0 Å². The Hall–Kier alpha value is -2.09. The Morgan fingerprint density at radius 3 is 2.48 bits per heavy atom. The van der Waals surface area contributed by atoms with Gasteiger partial charge in [0.25, 0.3) is 0 Å². The summed E-state index contributed by atoms with van der Waals surface area (Å²) in [5.74, 6) is 0.762. The average molecular weight is 444 g/mol. The number of hydrogen-bond donors (Lipinski definition) is 3. The molecule has 1 heterocycles. The van der Waals surface area contributed by atoms with Crippen LogP contribution in [0.5, 0.6) is 0 Å². The van der Waals surface area contributed by atoms with E-state index < -0.39 is 6.04 Å². The summed E-state index contributed by atoms with van der Waals surface area (Å²) in [7, 11) is 0. The van der Waals surface area contributed by atoms with Crippen LogP contribution in [0, 0.1) is 5.92 Å². The van der Waals surface area contributed by atoms with Crippen LogP contribution >= 0.6 is 24.8 Å². The van der Waals surface area contributed by atoms with Gasteiger partial charge in [-0.2, -0.15) is 0 Å². The highest BCUT2D eigenvalue weighted by Gasteiger charge is 2.17. The van der Waals surface area contributed by atoms with Gasteiger partial charge in [0.1, 0.15) is 5.82 Å². The lowest BCUT2D eigenvalue weighted by molar-refractivity contribution is -0.125. The smallest absolute Gasteiger partial charge is 0.243 e. The molecule has 0 saturated carbocycles. The van der Waals surface area contributed by atoms with Crippen molar-refractivity contribution in [1.82, 2.24) is 14.9 Å². The summed E-state index contributed by atoms with van der Waals surface area (Å²) < 4.78 is 2.10. The van der Waals surface area contributed by atoms with Gasteiger partial charge in [-0.05, 0) is 23.6 Å². The van der Waals surface area contributed by atoms with Crippen molar-refractivity contribution in [2.24, 2.45) is 11.7 Å². The first-order valence-electron chi connectivity index (χ1n) is 9.21. The molecule has 0 aliphatic rings. The Balaban J connectivity index is 0.00000392. The van der Waals surface area contributed by atoms with Crippen LogP contribution in [0.25, 0.3) is 0 Å². The fraction of sp³-hybridized carbons (Fsp3) is 0.450. The fourth-order valence-electron chi connectivity index (χ4n) is 2.69. The number of rotatable bonds is 8. The van der Waals surface area contributed by atoms with Crippen LogP contribution in [-0.4, -0.2) is 34.0 Å². The molecule has 2 aromatic rings. The predicted octanol–water partition coefficient (Wildman–Crippen LogP) is 2.94. The number of aromatic nitrogens is 2. The van der Waals surface area contributed by atoms with Gasteiger partial charge in [0.2, 0.25) is 11.8 Å². The summed E-state index contributed by atoms with van der Waals surface area (Å²) in [6.45, 7) is 8.51. The Kier molecular flexibility index (Phi) is 11.6. The monoisotopic (exact) mass is 443 g/mol. The molecule has 0 spiro atoms. The van der Waals surface area contributed by atoms with Crippen molar-refractivity contribution in [2.75, 3.05) is 11.9 Å². The molecule has 0 aliphatic carbocycles. The first kappa shape index (κ1) is 26.9. The summed E-state index contributed by atoms with van der Waals surface area (Å²) in [4.78, 5) is 28.3. The first-order chi connectivity index (χ1) is 12.8. The number of carbonyl (C=O) groups excluding carboxylic acids is 2. The number of amides is 2. The number of anilines is 1. The Bertz CT molecular complexity index is 793. The molecule has 1 aromatic carbocycles. The summed E-state index contributed by atoms with van der Waals surface area (Å²) in [6, 6.07) is 7.02. The molecule has 0 fully saturated rings. The highest BCUT2D eigenvalue weighted by molar-refractivity contribution is 5.95. The number of imidazole rings is 1. The molecule has 1 aromatic heterocycles. The van der Waals surface area contributed by atoms with E-state index in [0.29, 0.717) is 18.2 Å².